The van der Waals surface area contributed by atoms with Crippen molar-refractivity contribution in [2.45, 2.75) is 32.2 Å². The minimum atomic E-state index is 0.0819. The van der Waals surface area contributed by atoms with Crippen LogP contribution in [0.5, 0.6) is 5.75 Å². The maximum absolute atomic E-state index is 12.7. The van der Waals surface area contributed by atoms with Crippen LogP contribution in [0, 0.1) is 3.57 Å². The molecular weight excluding hydrogens is 481 g/mol. The number of nitrogens with two attached hydrogens (primary N) is 1. The van der Waals surface area contributed by atoms with E-state index < -0.39 is 0 Å². The first-order valence-corrected chi connectivity index (χ1v) is 10.0. The highest BCUT2D eigenvalue weighted by Gasteiger charge is 2.22. The van der Waals surface area contributed by atoms with Crippen molar-refractivity contribution >= 4 is 55.2 Å². The summed E-state index contributed by atoms with van der Waals surface area (Å²) >= 11 is 5.71. The molecule has 0 aliphatic heterocycles. The number of rotatable bonds is 3. The third kappa shape index (κ3) is 2.97. The number of fused-ring (bicyclic) bond motifs is 3. The van der Waals surface area contributed by atoms with Gasteiger partial charge in [-0.2, -0.15) is 0 Å². The Morgan fingerprint density at radius 3 is 2.71 bits per heavy atom. The van der Waals surface area contributed by atoms with Crippen LogP contribution in [-0.4, -0.2) is 0 Å². The Kier molecular flexibility index (Phi) is 4.58. The molecule has 0 fully saturated rings. The third-order valence-corrected chi connectivity index (χ3v) is 5.97. The lowest BCUT2D eigenvalue weighted by Gasteiger charge is -2.17. The predicted octanol–water partition coefficient (Wildman–Crippen LogP) is 4.15. The molecule has 5 heteroatoms. The summed E-state index contributed by atoms with van der Waals surface area (Å²) < 4.78 is 7.85. The van der Waals surface area contributed by atoms with Crippen molar-refractivity contribution in [1.82, 2.24) is 0 Å². The summed E-state index contributed by atoms with van der Waals surface area (Å²) in [4.78, 5) is 0. The second-order valence-electron chi connectivity index (χ2n) is 6.21. The molecule has 2 aromatic carbocycles. The van der Waals surface area contributed by atoms with Crippen LogP contribution in [0.2, 0.25) is 0 Å². The molecular formula is C19H17BrINO2. The summed E-state index contributed by atoms with van der Waals surface area (Å²) in [6.07, 6.45) is 4.34. The van der Waals surface area contributed by atoms with Gasteiger partial charge in [0.1, 0.15) is 23.6 Å². The van der Waals surface area contributed by atoms with Gasteiger partial charge in [-0.25, -0.2) is 0 Å². The molecule has 2 N–H and O–H groups in total. The lowest BCUT2D eigenvalue weighted by atomic mass is 9.93. The number of hydrogen-bond donors (Lipinski definition) is 1. The molecule has 1 aliphatic rings. The average Bonchev–Trinajstić information content (AvgIpc) is 2.95. The third-order valence-electron chi connectivity index (χ3n) is 4.66. The second-order valence-corrected chi connectivity index (χ2v) is 8.31. The molecule has 0 saturated heterocycles. The topological polar surface area (TPSA) is 52.8 Å². The van der Waals surface area contributed by atoms with Gasteiger partial charge in [-0.1, -0.05) is 21.7 Å². The Labute approximate surface area is 162 Å². The van der Waals surface area contributed by atoms with Gasteiger partial charge in [0.15, 0.2) is 0 Å². The lowest BCUT2D eigenvalue weighted by Crippen LogP contribution is -2.76. The van der Waals surface area contributed by atoms with E-state index in [4.69, 9.17) is 4.42 Å². The van der Waals surface area contributed by atoms with Crippen molar-refractivity contribution in [3.63, 3.8) is 0 Å². The van der Waals surface area contributed by atoms with Crippen LogP contribution in [-0.2, 0) is 19.4 Å². The molecule has 1 aromatic heterocycles. The number of quaternary nitrogens is 1. The quantitative estimate of drug-likeness (QED) is 0.436. The van der Waals surface area contributed by atoms with Gasteiger partial charge in [0.05, 0.1) is 0 Å². The molecule has 3 aromatic rings. The van der Waals surface area contributed by atoms with E-state index in [1.54, 1.807) is 0 Å². The molecule has 0 bridgehead atoms. The molecule has 0 amide bonds. The molecule has 0 atom stereocenters. The number of halogens is 2. The van der Waals surface area contributed by atoms with Gasteiger partial charge in [-0.3, -0.25) is 0 Å². The van der Waals surface area contributed by atoms with Crippen molar-refractivity contribution in [2.75, 3.05) is 0 Å². The van der Waals surface area contributed by atoms with Crippen LogP contribution in [0.1, 0.15) is 29.7 Å². The molecule has 0 unspecified atom stereocenters. The maximum Gasteiger partial charge on any atom is 0.136 e. The van der Waals surface area contributed by atoms with E-state index in [1.165, 1.54) is 22.0 Å². The Balaban J connectivity index is 1.76. The minimum Gasteiger partial charge on any atom is -0.871 e. The zero-order valence-corrected chi connectivity index (χ0v) is 16.8. The minimum absolute atomic E-state index is 0.0819. The number of aryl methyl sites for hydroxylation is 2. The highest BCUT2D eigenvalue weighted by atomic mass is 127. The smallest absolute Gasteiger partial charge is 0.136 e. The molecule has 0 spiro atoms. The average molecular weight is 498 g/mol. The van der Waals surface area contributed by atoms with E-state index in [-0.39, 0.29) is 5.75 Å². The molecule has 24 heavy (non-hydrogen) atoms. The number of furan rings is 1. The molecule has 0 radical (unpaired) electrons. The van der Waals surface area contributed by atoms with E-state index in [0.29, 0.717) is 11.0 Å². The van der Waals surface area contributed by atoms with Gasteiger partial charge in [0, 0.05) is 43.1 Å². The summed E-state index contributed by atoms with van der Waals surface area (Å²) in [7, 11) is 0. The first-order valence-electron chi connectivity index (χ1n) is 8.15. The van der Waals surface area contributed by atoms with Crippen molar-refractivity contribution in [3.8, 4) is 5.75 Å². The summed E-state index contributed by atoms with van der Waals surface area (Å²) in [5, 5.41) is 15.9. The van der Waals surface area contributed by atoms with Gasteiger partial charge in [-0.05, 0) is 60.1 Å². The van der Waals surface area contributed by atoms with Crippen molar-refractivity contribution in [2.24, 2.45) is 0 Å². The summed E-state index contributed by atoms with van der Waals surface area (Å²) in [5.74, 6) is 1.16. The number of hydrogen-bond acceptors (Lipinski definition) is 2. The molecule has 124 valence electrons. The second kappa shape index (κ2) is 6.69. The zero-order valence-electron chi connectivity index (χ0n) is 13.1. The van der Waals surface area contributed by atoms with Crippen molar-refractivity contribution in [3.05, 3.63) is 55.3 Å². The maximum atomic E-state index is 12.7. The fourth-order valence-corrected chi connectivity index (χ4v) is 4.28. The van der Waals surface area contributed by atoms with E-state index in [9.17, 15) is 5.11 Å². The molecule has 0 saturated carbocycles. The Hall–Kier alpha value is -1.05. The molecule has 1 heterocycles. The number of benzene rings is 2. The first kappa shape index (κ1) is 16.4. The highest BCUT2D eigenvalue weighted by Crippen LogP contribution is 2.39. The Bertz CT molecular complexity index is 902. The van der Waals surface area contributed by atoms with Crippen LogP contribution >= 0.6 is 38.5 Å². The van der Waals surface area contributed by atoms with Gasteiger partial charge in [0.2, 0.25) is 0 Å². The van der Waals surface area contributed by atoms with Crippen molar-refractivity contribution < 1.29 is 14.8 Å². The van der Waals surface area contributed by atoms with Gasteiger partial charge in [0.25, 0.3) is 0 Å². The monoisotopic (exact) mass is 497 g/mol. The van der Waals surface area contributed by atoms with Gasteiger partial charge >= 0.3 is 0 Å². The Morgan fingerprint density at radius 2 is 1.92 bits per heavy atom. The first-order chi connectivity index (χ1) is 11.6. The summed E-state index contributed by atoms with van der Waals surface area (Å²) in [5.41, 5.74) is 4.09. The molecule has 3 nitrogen and oxygen atoms in total. The van der Waals surface area contributed by atoms with Gasteiger partial charge in [-0.15, -0.1) is 0 Å². The van der Waals surface area contributed by atoms with Crippen LogP contribution in [0.25, 0.3) is 11.0 Å². The van der Waals surface area contributed by atoms with Crippen LogP contribution in [0.4, 0.5) is 5.69 Å². The fourth-order valence-electron chi connectivity index (χ4n) is 3.47. The standard InChI is InChI=1S/C19H17BrINO2/c20-15-9-17-18(13-3-1-2-4-16(13)24-17)14(19(15)23)10-22-12-7-5-11(21)6-8-12/h5-9,22-23H,1-4,10H2. The van der Waals surface area contributed by atoms with Crippen LogP contribution < -0.4 is 10.4 Å². The van der Waals surface area contributed by atoms with E-state index in [0.717, 1.165) is 40.8 Å². The van der Waals surface area contributed by atoms with Crippen LogP contribution in [0.3, 0.4) is 0 Å². The van der Waals surface area contributed by atoms with E-state index in [1.807, 2.05) is 6.07 Å². The van der Waals surface area contributed by atoms with Crippen molar-refractivity contribution in [1.29, 1.82) is 0 Å². The van der Waals surface area contributed by atoms with E-state index >= 15 is 0 Å². The fraction of sp³-hybridized carbons (Fsp3) is 0.263. The predicted molar refractivity (Wildman–Crippen MR) is 104 cm³/mol. The largest absolute Gasteiger partial charge is 0.871 e. The normalized spacial score (nSPS) is 14.1. The summed E-state index contributed by atoms with van der Waals surface area (Å²) in [6, 6.07) is 10.2. The highest BCUT2D eigenvalue weighted by molar-refractivity contribution is 14.1. The molecule has 1 aliphatic carbocycles. The SMILES string of the molecule is [O-]c1c(Br)cc2oc3c(c2c1C[NH2+]c1ccc(I)cc1)CCCC3. The zero-order chi connectivity index (χ0) is 16.7. The Morgan fingerprint density at radius 1 is 1.17 bits per heavy atom. The van der Waals surface area contributed by atoms with Crippen LogP contribution in [0.15, 0.2) is 39.2 Å². The van der Waals surface area contributed by atoms with Gasteiger partial charge < -0.3 is 14.8 Å². The van der Waals surface area contributed by atoms with E-state index in [2.05, 4.69) is 68.1 Å². The summed E-state index contributed by atoms with van der Waals surface area (Å²) in [6.45, 7) is 0.626. The lowest BCUT2D eigenvalue weighted by molar-refractivity contribution is -0.589. The molecule has 4 rings (SSSR count).